The molecule has 1 aromatic heterocycles. The summed E-state index contributed by atoms with van der Waals surface area (Å²) in [5.41, 5.74) is 3.34. The Balaban J connectivity index is 1.75. The molecule has 0 atom stereocenters. The van der Waals surface area contributed by atoms with Crippen molar-refractivity contribution < 1.29 is 0 Å². The lowest BCUT2D eigenvalue weighted by Crippen LogP contribution is -1.82. The summed E-state index contributed by atoms with van der Waals surface area (Å²) in [5.74, 6) is 1.00. The Morgan fingerprint density at radius 1 is 0.944 bits per heavy atom. The molecule has 3 aromatic rings. The van der Waals surface area contributed by atoms with Crippen LogP contribution in [0, 0.1) is 0 Å². The molecule has 0 unspecified atom stereocenters. The van der Waals surface area contributed by atoms with Gasteiger partial charge >= 0.3 is 0 Å². The largest absolute Gasteiger partial charge is 0.342 e. The molecule has 0 radical (unpaired) electrons. The zero-order valence-electron chi connectivity index (χ0n) is 10.0. The third kappa shape index (κ3) is 2.33. The lowest BCUT2D eigenvalue weighted by atomic mass is 10.2. The highest BCUT2D eigenvalue weighted by Gasteiger charge is 1.98. The van der Waals surface area contributed by atoms with E-state index in [2.05, 4.69) is 34.3 Å². The summed E-state index contributed by atoms with van der Waals surface area (Å²) in [7, 11) is 0. The van der Waals surface area contributed by atoms with Crippen molar-refractivity contribution in [2.75, 3.05) is 0 Å². The third-order valence-electron chi connectivity index (χ3n) is 2.86. The van der Waals surface area contributed by atoms with Crippen LogP contribution in [0.1, 0.15) is 11.4 Å². The molecule has 3 rings (SSSR count). The van der Waals surface area contributed by atoms with Gasteiger partial charge in [0.15, 0.2) is 0 Å². The van der Waals surface area contributed by atoms with Crippen molar-refractivity contribution in [3.8, 4) is 0 Å². The van der Waals surface area contributed by atoms with Crippen LogP contribution in [-0.4, -0.2) is 9.97 Å². The molecule has 1 heterocycles. The van der Waals surface area contributed by atoms with Gasteiger partial charge in [-0.1, -0.05) is 54.6 Å². The molecule has 0 amide bonds. The number of fused-ring (bicyclic) bond motifs is 1. The first-order valence-electron chi connectivity index (χ1n) is 6.07. The van der Waals surface area contributed by atoms with Gasteiger partial charge < -0.3 is 4.98 Å². The lowest BCUT2D eigenvalue weighted by Gasteiger charge is -1.91. The second-order valence-corrected chi connectivity index (χ2v) is 4.22. The first kappa shape index (κ1) is 10.8. The number of rotatable bonds is 3. The number of allylic oxidation sites excluding steroid dienone is 1. The van der Waals surface area contributed by atoms with Crippen molar-refractivity contribution in [1.29, 1.82) is 0 Å². The fourth-order valence-corrected chi connectivity index (χ4v) is 1.97. The first-order valence-corrected chi connectivity index (χ1v) is 6.07. The van der Waals surface area contributed by atoms with Crippen molar-refractivity contribution in [1.82, 2.24) is 9.97 Å². The van der Waals surface area contributed by atoms with Gasteiger partial charge in [-0.15, -0.1) is 0 Å². The van der Waals surface area contributed by atoms with Crippen LogP contribution in [0.2, 0.25) is 0 Å². The first-order chi connectivity index (χ1) is 8.92. The molecule has 2 aromatic carbocycles. The number of nitrogens with zero attached hydrogens (tertiary/aromatic N) is 1. The topological polar surface area (TPSA) is 28.7 Å². The van der Waals surface area contributed by atoms with Crippen LogP contribution in [0.4, 0.5) is 0 Å². The van der Waals surface area contributed by atoms with Crippen LogP contribution >= 0.6 is 0 Å². The number of aromatic amines is 1. The molecule has 2 heteroatoms. The van der Waals surface area contributed by atoms with Gasteiger partial charge in [-0.3, -0.25) is 0 Å². The number of aromatic nitrogens is 2. The van der Waals surface area contributed by atoms with Gasteiger partial charge in [0.1, 0.15) is 5.82 Å². The van der Waals surface area contributed by atoms with Crippen LogP contribution in [0.25, 0.3) is 17.1 Å². The molecule has 0 bridgehead atoms. The van der Waals surface area contributed by atoms with E-state index in [1.54, 1.807) is 0 Å². The van der Waals surface area contributed by atoms with Gasteiger partial charge in [0.2, 0.25) is 0 Å². The van der Waals surface area contributed by atoms with Crippen LogP contribution in [-0.2, 0) is 6.42 Å². The molecule has 0 saturated carbocycles. The number of benzene rings is 2. The number of para-hydroxylation sites is 2. The van der Waals surface area contributed by atoms with E-state index in [-0.39, 0.29) is 0 Å². The molecule has 0 spiro atoms. The minimum Gasteiger partial charge on any atom is -0.342 e. The highest BCUT2D eigenvalue weighted by Crippen LogP contribution is 2.11. The molecule has 88 valence electrons. The average Bonchev–Trinajstić information content (AvgIpc) is 2.82. The van der Waals surface area contributed by atoms with Crippen LogP contribution in [0.5, 0.6) is 0 Å². The number of nitrogens with one attached hydrogen (secondary N) is 1. The van der Waals surface area contributed by atoms with Crippen molar-refractivity contribution in [3.63, 3.8) is 0 Å². The molecule has 0 fully saturated rings. The number of hydrogen-bond donors (Lipinski definition) is 1. The Kier molecular flexibility index (Phi) is 2.92. The number of hydrogen-bond acceptors (Lipinski definition) is 1. The van der Waals surface area contributed by atoms with E-state index in [9.17, 15) is 0 Å². The molecule has 0 aliphatic rings. The maximum Gasteiger partial charge on any atom is 0.111 e. The SMILES string of the molecule is C(=C\c1ccccc1)/Cc1nc2ccccc2[nH]1. The summed E-state index contributed by atoms with van der Waals surface area (Å²) in [6.45, 7) is 0. The van der Waals surface area contributed by atoms with Gasteiger partial charge in [0.25, 0.3) is 0 Å². The summed E-state index contributed by atoms with van der Waals surface area (Å²) < 4.78 is 0. The van der Waals surface area contributed by atoms with E-state index < -0.39 is 0 Å². The molecule has 18 heavy (non-hydrogen) atoms. The fraction of sp³-hybridized carbons (Fsp3) is 0.0625. The Labute approximate surface area is 106 Å². The zero-order chi connectivity index (χ0) is 12.2. The normalized spacial score (nSPS) is 11.3. The van der Waals surface area contributed by atoms with Crippen LogP contribution < -0.4 is 0 Å². The summed E-state index contributed by atoms with van der Waals surface area (Å²) in [5, 5.41) is 0. The molecule has 0 aliphatic carbocycles. The Hall–Kier alpha value is -2.35. The minimum atomic E-state index is 0.823. The monoisotopic (exact) mass is 234 g/mol. The molecule has 0 saturated heterocycles. The predicted octanol–water partition coefficient (Wildman–Crippen LogP) is 3.82. The quantitative estimate of drug-likeness (QED) is 0.733. The van der Waals surface area contributed by atoms with Crippen molar-refractivity contribution >= 4 is 17.1 Å². The van der Waals surface area contributed by atoms with Gasteiger partial charge in [-0.05, 0) is 17.7 Å². The highest BCUT2D eigenvalue weighted by molar-refractivity contribution is 5.74. The average molecular weight is 234 g/mol. The van der Waals surface area contributed by atoms with Gasteiger partial charge in [0.05, 0.1) is 11.0 Å². The number of H-pyrrole nitrogens is 1. The van der Waals surface area contributed by atoms with E-state index in [1.807, 2.05) is 42.5 Å². The van der Waals surface area contributed by atoms with Gasteiger partial charge in [-0.25, -0.2) is 4.98 Å². The van der Waals surface area contributed by atoms with Crippen LogP contribution in [0.15, 0.2) is 60.7 Å². The Morgan fingerprint density at radius 3 is 2.56 bits per heavy atom. The third-order valence-corrected chi connectivity index (χ3v) is 2.86. The summed E-state index contributed by atoms with van der Waals surface area (Å²) in [4.78, 5) is 7.86. The van der Waals surface area contributed by atoms with Gasteiger partial charge in [-0.2, -0.15) is 0 Å². The second kappa shape index (κ2) is 4.88. The van der Waals surface area contributed by atoms with E-state index >= 15 is 0 Å². The standard InChI is InChI=1S/C16H14N2/c1-2-7-13(8-3-1)9-6-12-16-17-14-10-4-5-11-15(14)18-16/h1-11H,12H2,(H,17,18)/b9-6+. The van der Waals surface area contributed by atoms with E-state index in [1.165, 1.54) is 5.56 Å². The van der Waals surface area contributed by atoms with Crippen molar-refractivity contribution in [2.24, 2.45) is 0 Å². The Morgan fingerprint density at radius 2 is 1.72 bits per heavy atom. The smallest absolute Gasteiger partial charge is 0.111 e. The van der Waals surface area contributed by atoms with Gasteiger partial charge in [0, 0.05) is 6.42 Å². The maximum absolute atomic E-state index is 4.54. The van der Waals surface area contributed by atoms with E-state index in [4.69, 9.17) is 0 Å². The minimum absolute atomic E-state index is 0.823. The lowest BCUT2D eigenvalue weighted by molar-refractivity contribution is 1.08. The van der Waals surface area contributed by atoms with Crippen molar-refractivity contribution in [3.05, 3.63) is 72.1 Å². The molecule has 0 aliphatic heterocycles. The maximum atomic E-state index is 4.54. The molecular formula is C16H14N2. The van der Waals surface area contributed by atoms with E-state index in [0.29, 0.717) is 0 Å². The predicted molar refractivity (Wildman–Crippen MR) is 75.3 cm³/mol. The summed E-state index contributed by atoms with van der Waals surface area (Å²) in [6.07, 6.45) is 5.07. The molecule has 1 N–H and O–H groups in total. The number of imidazole rings is 1. The summed E-state index contributed by atoms with van der Waals surface area (Å²) in [6, 6.07) is 18.4. The van der Waals surface area contributed by atoms with Crippen LogP contribution in [0.3, 0.4) is 0 Å². The summed E-state index contributed by atoms with van der Waals surface area (Å²) >= 11 is 0. The fourth-order valence-electron chi connectivity index (χ4n) is 1.97. The van der Waals surface area contributed by atoms with E-state index in [0.717, 1.165) is 23.3 Å². The molecular weight excluding hydrogens is 220 g/mol. The highest BCUT2D eigenvalue weighted by atomic mass is 14.9. The Bertz CT molecular complexity index is 633. The zero-order valence-corrected chi connectivity index (χ0v) is 10.0. The second-order valence-electron chi connectivity index (χ2n) is 4.22. The molecule has 2 nitrogen and oxygen atoms in total. The van der Waals surface area contributed by atoms with Crippen molar-refractivity contribution in [2.45, 2.75) is 6.42 Å².